The lowest BCUT2D eigenvalue weighted by Gasteiger charge is -2.39. The molecular weight excluding hydrogens is 274 g/mol. The number of likely N-dealkylation sites (N-methyl/N-ethyl adjacent to an activating group) is 1. The number of hydrogen-bond donors (Lipinski definition) is 2. The maximum atomic E-state index is 12.6. The van der Waals surface area contributed by atoms with Gasteiger partial charge in [-0.2, -0.15) is 0 Å². The maximum Gasteiger partial charge on any atom is 0.225 e. The lowest BCUT2D eigenvalue weighted by molar-refractivity contribution is -0.128. The minimum absolute atomic E-state index is 0.0181. The van der Waals surface area contributed by atoms with Crippen LogP contribution in [-0.2, 0) is 4.79 Å². The molecule has 22 heavy (non-hydrogen) atoms. The van der Waals surface area contributed by atoms with Crippen LogP contribution in [0.3, 0.4) is 0 Å². The van der Waals surface area contributed by atoms with Crippen LogP contribution in [0.4, 0.5) is 0 Å². The highest BCUT2D eigenvalue weighted by Gasteiger charge is 2.38. The molecule has 3 N–H and O–H groups in total. The molecule has 2 rings (SSSR count). The molecule has 0 spiro atoms. The van der Waals surface area contributed by atoms with Crippen molar-refractivity contribution in [2.45, 2.75) is 76.3 Å². The second-order valence-electron chi connectivity index (χ2n) is 7.98. The standard InChI is InChI=1S/C18H35N3O/c1-18(19)12-8-7-11-15(18)17(22)20-13-16(21(2)3)14-9-5-4-6-10-14/h14-16H,4-13,19H2,1-3H3,(H,20,22). The van der Waals surface area contributed by atoms with Gasteiger partial charge in [-0.15, -0.1) is 0 Å². The van der Waals surface area contributed by atoms with E-state index >= 15 is 0 Å². The molecule has 0 aromatic heterocycles. The second-order valence-corrected chi connectivity index (χ2v) is 7.98. The largest absolute Gasteiger partial charge is 0.354 e. The number of carbonyl (C=O) groups is 1. The highest BCUT2D eigenvalue weighted by atomic mass is 16.1. The van der Waals surface area contributed by atoms with Crippen molar-refractivity contribution in [1.82, 2.24) is 10.2 Å². The molecule has 4 heteroatoms. The van der Waals surface area contributed by atoms with Gasteiger partial charge in [-0.3, -0.25) is 4.79 Å². The average molecular weight is 309 g/mol. The van der Waals surface area contributed by atoms with Crippen molar-refractivity contribution < 1.29 is 4.79 Å². The first kappa shape index (κ1) is 17.7. The van der Waals surface area contributed by atoms with Gasteiger partial charge in [-0.05, 0) is 52.6 Å². The van der Waals surface area contributed by atoms with Gasteiger partial charge in [0.1, 0.15) is 0 Å². The summed E-state index contributed by atoms with van der Waals surface area (Å²) in [6.45, 7) is 2.81. The molecule has 3 unspecified atom stereocenters. The first-order chi connectivity index (χ1) is 10.4. The zero-order valence-corrected chi connectivity index (χ0v) is 14.7. The van der Waals surface area contributed by atoms with Gasteiger partial charge in [-0.1, -0.05) is 32.1 Å². The highest BCUT2D eigenvalue weighted by molar-refractivity contribution is 5.80. The van der Waals surface area contributed by atoms with Gasteiger partial charge in [0, 0.05) is 18.1 Å². The monoisotopic (exact) mass is 309 g/mol. The molecule has 3 atom stereocenters. The van der Waals surface area contributed by atoms with Crippen molar-refractivity contribution in [1.29, 1.82) is 0 Å². The summed E-state index contributed by atoms with van der Waals surface area (Å²) in [6, 6.07) is 0.455. The van der Waals surface area contributed by atoms with E-state index in [1.54, 1.807) is 0 Å². The van der Waals surface area contributed by atoms with E-state index in [4.69, 9.17) is 5.73 Å². The van der Waals surface area contributed by atoms with Crippen molar-refractivity contribution in [2.75, 3.05) is 20.6 Å². The van der Waals surface area contributed by atoms with Gasteiger partial charge in [-0.25, -0.2) is 0 Å². The molecule has 0 aromatic rings. The van der Waals surface area contributed by atoms with Crippen LogP contribution in [0.2, 0.25) is 0 Å². The lowest BCUT2D eigenvalue weighted by atomic mass is 9.74. The zero-order valence-electron chi connectivity index (χ0n) is 14.7. The third-order valence-electron chi connectivity index (χ3n) is 5.91. The predicted octanol–water partition coefficient (Wildman–Crippen LogP) is 2.52. The average Bonchev–Trinajstić information content (AvgIpc) is 2.47. The Balaban J connectivity index is 1.89. The van der Waals surface area contributed by atoms with Gasteiger partial charge in [0.25, 0.3) is 0 Å². The summed E-state index contributed by atoms with van der Waals surface area (Å²) in [7, 11) is 4.28. The maximum absolute atomic E-state index is 12.6. The Bertz CT molecular complexity index is 361. The van der Waals surface area contributed by atoms with E-state index in [1.807, 2.05) is 6.92 Å². The molecule has 0 saturated heterocycles. The van der Waals surface area contributed by atoms with E-state index in [2.05, 4.69) is 24.3 Å². The van der Waals surface area contributed by atoms with Crippen molar-refractivity contribution in [3.05, 3.63) is 0 Å². The normalized spacial score (nSPS) is 32.0. The van der Waals surface area contributed by atoms with Gasteiger partial charge in [0.2, 0.25) is 5.91 Å². The number of hydrogen-bond acceptors (Lipinski definition) is 3. The van der Waals surface area contributed by atoms with Gasteiger partial charge in [0.15, 0.2) is 0 Å². The topological polar surface area (TPSA) is 58.4 Å². The number of amides is 1. The smallest absolute Gasteiger partial charge is 0.225 e. The van der Waals surface area contributed by atoms with Crippen LogP contribution in [-0.4, -0.2) is 43.0 Å². The summed E-state index contributed by atoms with van der Waals surface area (Å²) < 4.78 is 0. The second kappa shape index (κ2) is 7.78. The summed E-state index contributed by atoms with van der Waals surface area (Å²) in [6.07, 6.45) is 10.8. The van der Waals surface area contributed by atoms with Crippen molar-refractivity contribution in [3.8, 4) is 0 Å². The molecule has 4 nitrogen and oxygen atoms in total. The number of nitrogens with zero attached hydrogens (tertiary/aromatic N) is 1. The highest BCUT2D eigenvalue weighted by Crippen LogP contribution is 2.32. The van der Waals surface area contributed by atoms with E-state index in [-0.39, 0.29) is 17.4 Å². The van der Waals surface area contributed by atoms with Crippen LogP contribution in [0.5, 0.6) is 0 Å². The van der Waals surface area contributed by atoms with Crippen LogP contribution >= 0.6 is 0 Å². The molecule has 1 amide bonds. The third-order valence-corrected chi connectivity index (χ3v) is 5.91. The molecule has 0 heterocycles. The summed E-state index contributed by atoms with van der Waals surface area (Å²) >= 11 is 0. The molecule has 2 aliphatic rings. The fourth-order valence-electron chi connectivity index (χ4n) is 4.41. The first-order valence-corrected chi connectivity index (χ1v) is 9.15. The first-order valence-electron chi connectivity index (χ1n) is 9.15. The van der Waals surface area contributed by atoms with Crippen LogP contribution in [0.1, 0.15) is 64.7 Å². The molecule has 2 saturated carbocycles. The quantitative estimate of drug-likeness (QED) is 0.820. The van der Waals surface area contributed by atoms with Gasteiger partial charge < -0.3 is 16.0 Å². The molecular formula is C18H35N3O. The van der Waals surface area contributed by atoms with E-state index in [0.29, 0.717) is 6.04 Å². The minimum Gasteiger partial charge on any atom is -0.354 e. The number of carbonyl (C=O) groups excluding carboxylic acids is 1. The number of rotatable bonds is 5. The molecule has 0 aliphatic heterocycles. The van der Waals surface area contributed by atoms with Crippen LogP contribution in [0, 0.1) is 11.8 Å². The van der Waals surface area contributed by atoms with E-state index in [0.717, 1.165) is 38.1 Å². The summed E-state index contributed by atoms with van der Waals surface area (Å²) in [5.74, 6) is 0.877. The van der Waals surface area contributed by atoms with Gasteiger partial charge in [0.05, 0.1) is 5.92 Å². The third kappa shape index (κ3) is 4.45. The lowest BCUT2D eigenvalue weighted by Crippen LogP contribution is -2.54. The van der Waals surface area contributed by atoms with E-state index < -0.39 is 0 Å². The Morgan fingerprint density at radius 1 is 1.18 bits per heavy atom. The van der Waals surface area contributed by atoms with Crippen molar-refractivity contribution >= 4 is 5.91 Å². The number of nitrogens with one attached hydrogen (secondary N) is 1. The molecule has 2 fully saturated rings. The Morgan fingerprint density at radius 3 is 2.41 bits per heavy atom. The van der Waals surface area contributed by atoms with Crippen molar-refractivity contribution in [3.63, 3.8) is 0 Å². The SMILES string of the molecule is CN(C)C(CNC(=O)C1CCCCC1(C)N)C1CCCCC1. The molecule has 128 valence electrons. The van der Waals surface area contributed by atoms with E-state index in [1.165, 1.54) is 32.1 Å². The van der Waals surface area contributed by atoms with Crippen LogP contribution in [0.25, 0.3) is 0 Å². The van der Waals surface area contributed by atoms with Crippen molar-refractivity contribution in [2.24, 2.45) is 17.6 Å². The Labute approximate surface area is 136 Å². The molecule has 0 aromatic carbocycles. The van der Waals surface area contributed by atoms with Crippen LogP contribution in [0.15, 0.2) is 0 Å². The molecule has 0 bridgehead atoms. The molecule has 2 aliphatic carbocycles. The Kier molecular flexibility index (Phi) is 6.27. The zero-order chi connectivity index (χ0) is 16.2. The summed E-state index contributed by atoms with van der Waals surface area (Å²) in [5.41, 5.74) is 6.03. The summed E-state index contributed by atoms with van der Waals surface area (Å²) in [4.78, 5) is 14.9. The summed E-state index contributed by atoms with van der Waals surface area (Å²) in [5, 5.41) is 3.23. The minimum atomic E-state index is -0.333. The van der Waals surface area contributed by atoms with E-state index in [9.17, 15) is 4.79 Å². The Morgan fingerprint density at radius 2 is 1.82 bits per heavy atom. The van der Waals surface area contributed by atoms with Crippen LogP contribution < -0.4 is 11.1 Å². The predicted molar refractivity (Wildman–Crippen MR) is 91.6 cm³/mol. The van der Waals surface area contributed by atoms with Gasteiger partial charge >= 0.3 is 0 Å². The molecule has 0 radical (unpaired) electrons. The number of nitrogens with two attached hydrogens (primary N) is 1. The fraction of sp³-hybridized carbons (Fsp3) is 0.944. The Hall–Kier alpha value is -0.610. The fourth-order valence-corrected chi connectivity index (χ4v) is 4.41.